The van der Waals surface area contributed by atoms with Gasteiger partial charge in [-0.15, -0.1) is 10.2 Å². The normalized spacial score (nSPS) is 21.4. The van der Waals surface area contributed by atoms with Gasteiger partial charge in [0, 0.05) is 25.6 Å². The van der Waals surface area contributed by atoms with E-state index < -0.39 is 9.84 Å². The number of hydrogen-bond acceptors (Lipinski definition) is 6. The third-order valence-electron chi connectivity index (χ3n) is 3.17. The second-order valence-electron chi connectivity index (χ2n) is 4.69. The molecule has 1 atom stereocenters. The van der Waals surface area contributed by atoms with Crippen LogP contribution in [0.4, 0.5) is 0 Å². The number of nitriles is 1. The first-order valence-corrected chi connectivity index (χ1v) is 8.91. The van der Waals surface area contributed by atoms with E-state index in [2.05, 4.69) is 16.3 Å². The van der Waals surface area contributed by atoms with Gasteiger partial charge in [0.25, 0.3) is 0 Å². The lowest BCUT2D eigenvalue weighted by atomic mass is 10.1. The number of sulfone groups is 1. The molecule has 8 heteroatoms. The number of hydrogen-bond donors (Lipinski definition) is 0. The van der Waals surface area contributed by atoms with Gasteiger partial charge >= 0.3 is 0 Å². The van der Waals surface area contributed by atoms with Crippen molar-refractivity contribution in [2.24, 2.45) is 13.0 Å². The minimum absolute atomic E-state index is 0.157. The second kappa shape index (κ2) is 5.92. The first-order chi connectivity index (χ1) is 9.02. The number of rotatable bonds is 5. The fraction of sp³-hybridized carbons (Fsp3) is 0.727. The summed E-state index contributed by atoms with van der Waals surface area (Å²) in [6, 6.07) is 2.09. The Kier molecular flexibility index (Phi) is 4.47. The zero-order valence-corrected chi connectivity index (χ0v) is 12.4. The average molecular weight is 300 g/mol. The predicted molar refractivity (Wildman–Crippen MR) is 72.4 cm³/mol. The summed E-state index contributed by atoms with van der Waals surface area (Å²) >= 11 is 1.50. The van der Waals surface area contributed by atoms with Crippen LogP contribution in [0.25, 0.3) is 0 Å². The highest BCUT2D eigenvalue weighted by Crippen LogP contribution is 2.23. The smallest absolute Gasteiger partial charge is 0.190 e. The lowest BCUT2D eigenvalue weighted by Gasteiger charge is -2.07. The molecule has 1 aliphatic rings. The van der Waals surface area contributed by atoms with Gasteiger partial charge in [-0.1, -0.05) is 11.8 Å². The minimum atomic E-state index is -2.84. The average Bonchev–Trinajstić information content (AvgIpc) is 2.86. The topological polar surface area (TPSA) is 88.6 Å². The quantitative estimate of drug-likeness (QED) is 0.590. The van der Waals surface area contributed by atoms with Crippen LogP contribution in [0.3, 0.4) is 0 Å². The summed E-state index contributed by atoms with van der Waals surface area (Å²) in [4.78, 5) is 0. The Hall–Kier alpha value is -1.07. The second-order valence-corrected chi connectivity index (χ2v) is 7.98. The van der Waals surface area contributed by atoms with Crippen molar-refractivity contribution in [2.45, 2.75) is 24.4 Å². The van der Waals surface area contributed by atoms with Crippen molar-refractivity contribution >= 4 is 21.6 Å². The molecular formula is C11H16N4O2S2. The van der Waals surface area contributed by atoms with E-state index in [4.69, 9.17) is 5.26 Å². The Balaban J connectivity index is 1.97. The molecule has 2 heterocycles. The highest BCUT2D eigenvalue weighted by atomic mass is 32.2. The molecule has 1 fully saturated rings. The molecule has 0 radical (unpaired) electrons. The van der Waals surface area contributed by atoms with Gasteiger partial charge in [-0.25, -0.2) is 8.42 Å². The van der Waals surface area contributed by atoms with E-state index in [9.17, 15) is 8.42 Å². The van der Waals surface area contributed by atoms with Gasteiger partial charge < -0.3 is 4.57 Å². The van der Waals surface area contributed by atoms with Crippen LogP contribution in [-0.2, 0) is 23.3 Å². The van der Waals surface area contributed by atoms with Gasteiger partial charge in [-0.2, -0.15) is 5.26 Å². The van der Waals surface area contributed by atoms with Crippen molar-refractivity contribution in [3.8, 4) is 6.07 Å². The predicted octanol–water partition coefficient (Wildman–Crippen LogP) is 0.798. The molecule has 1 aromatic rings. The number of thioether (sulfide) groups is 1. The third-order valence-corrected chi connectivity index (χ3v) is 6.03. The van der Waals surface area contributed by atoms with Crippen molar-refractivity contribution in [3.63, 3.8) is 0 Å². The summed E-state index contributed by atoms with van der Waals surface area (Å²) in [5, 5.41) is 17.5. The summed E-state index contributed by atoms with van der Waals surface area (Å²) in [6.45, 7) is 0. The maximum Gasteiger partial charge on any atom is 0.190 e. The molecule has 0 amide bonds. The van der Waals surface area contributed by atoms with Crippen LogP contribution >= 0.6 is 11.8 Å². The molecule has 0 spiro atoms. The van der Waals surface area contributed by atoms with Crippen molar-refractivity contribution < 1.29 is 8.42 Å². The highest BCUT2D eigenvalue weighted by molar-refractivity contribution is 7.99. The molecule has 1 saturated heterocycles. The van der Waals surface area contributed by atoms with Crippen molar-refractivity contribution in [2.75, 3.05) is 17.3 Å². The zero-order valence-electron chi connectivity index (χ0n) is 10.7. The van der Waals surface area contributed by atoms with Crippen LogP contribution in [0.15, 0.2) is 5.16 Å². The van der Waals surface area contributed by atoms with Gasteiger partial charge in [0.2, 0.25) is 0 Å². The standard InChI is InChI=1S/C11H16N4O2S2/c1-15-10(7-9-3-6-19(16,17)8-9)13-14-11(15)18-5-2-4-12/h9H,2-3,5-8H2,1H3/t9-/m1/s1. The van der Waals surface area contributed by atoms with E-state index >= 15 is 0 Å². The van der Waals surface area contributed by atoms with Crippen LogP contribution in [-0.4, -0.2) is 40.4 Å². The van der Waals surface area contributed by atoms with Crippen LogP contribution in [0, 0.1) is 17.2 Å². The maximum absolute atomic E-state index is 11.4. The fourth-order valence-electron chi connectivity index (χ4n) is 2.13. The molecule has 1 aromatic heterocycles. The lowest BCUT2D eigenvalue weighted by molar-refractivity contribution is 0.552. The number of nitrogens with zero attached hydrogens (tertiary/aromatic N) is 4. The maximum atomic E-state index is 11.4. The summed E-state index contributed by atoms with van der Waals surface area (Å²) in [6.07, 6.45) is 1.85. The van der Waals surface area contributed by atoms with E-state index in [-0.39, 0.29) is 11.7 Å². The monoisotopic (exact) mass is 300 g/mol. The van der Waals surface area contributed by atoms with Crippen LogP contribution in [0.1, 0.15) is 18.7 Å². The van der Waals surface area contributed by atoms with Crippen molar-refractivity contribution in [1.29, 1.82) is 5.26 Å². The molecule has 0 saturated carbocycles. The lowest BCUT2D eigenvalue weighted by Crippen LogP contribution is -2.11. The van der Waals surface area contributed by atoms with Crippen molar-refractivity contribution in [1.82, 2.24) is 14.8 Å². The minimum Gasteiger partial charge on any atom is -0.309 e. The molecule has 0 aromatic carbocycles. The zero-order chi connectivity index (χ0) is 13.9. The van der Waals surface area contributed by atoms with E-state index in [1.54, 1.807) is 0 Å². The van der Waals surface area contributed by atoms with Gasteiger partial charge in [0.15, 0.2) is 15.0 Å². The molecule has 2 rings (SSSR count). The van der Waals surface area contributed by atoms with Gasteiger partial charge in [0.05, 0.1) is 17.6 Å². The largest absolute Gasteiger partial charge is 0.309 e. The Morgan fingerprint density at radius 2 is 2.32 bits per heavy atom. The van der Waals surface area contributed by atoms with E-state index in [1.807, 2.05) is 11.6 Å². The molecule has 0 aliphatic carbocycles. The first-order valence-electron chi connectivity index (χ1n) is 6.10. The SMILES string of the molecule is Cn1c(C[C@H]2CCS(=O)(=O)C2)nnc1SCCC#N. The van der Waals surface area contributed by atoms with Gasteiger partial charge in [-0.3, -0.25) is 0 Å². The Morgan fingerprint density at radius 1 is 1.53 bits per heavy atom. The van der Waals surface area contributed by atoms with Crippen LogP contribution < -0.4 is 0 Å². The molecule has 1 aliphatic heterocycles. The summed E-state index contributed by atoms with van der Waals surface area (Å²) in [7, 11) is -0.955. The molecule has 104 valence electrons. The molecule has 0 unspecified atom stereocenters. The van der Waals surface area contributed by atoms with E-state index in [0.29, 0.717) is 30.8 Å². The van der Waals surface area contributed by atoms with E-state index in [1.165, 1.54) is 11.8 Å². The summed E-state index contributed by atoms with van der Waals surface area (Å²) in [5.41, 5.74) is 0. The summed E-state index contributed by atoms with van der Waals surface area (Å²) < 4.78 is 24.7. The number of aromatic nitrogens is 3. The molecule has 6 nitrogen and oxygen atoms in total. The fourth-order valence-corrected chi connectivity index (χ4v) is 4.76. The third kappa shape index (κ3) is 3.70. The van der Waals surface area contributed by atoms with Crippen LogP contribution in [0.5, 0.6) is 0 Å². The Bertz CT molecular complexity index is 588. The molecule has 0 N–H and O–H groups in total. The molecule has 19 heavy (non-hydrogen) atoms. The van der Waals surface area contributed by atoms with E-state index in [0.717, 1.165) is 11.0 Å². The highest BCUT2D eigenvalue weighted by Gasteiger charge is 2.29. The Morgan fingerprint density at radius 3 is 2.95 bits per heavy atom. The molecular weight excluding hydrogens is 284 g/mol. The van der Waals surface area contributed by atoms with Gasteiger partial charge in [0.1, 0.15) is 5.82 Å². The first kappa shape index (κ1) is 14.3. The van der Waals surface area contributed by atoms with Crippen LogP contribution in [0.2, 0.25) is 0 Å². The summed E-state index contributed by atoms with van der Waals surface area (Å²) in [5.74, 6) is 2.22. The van der Waals surface area contributed by atoms with Crippen molar-refractivity contribution in [3.05, 3.63) is 5.82 Å². The van der Waals surface area contributed by atoms with Gasteiger partial charge in [-0.05, 0) is 12.3 Å². The Labute approximate surface area is 117 Å². The molecule has 0 bridgehead atoms.